The number of aromatic nitrogens is 1. The van der Waals surface area contributed by atoms with Crippen molar-refractivity contribution in [1.29, 1.82) is 0 Å². The van der Waals surface area contributed by atoms with E-state index in [1.54, 1.807) is 7.11 Å². The highest BCUT2D eigenvalue weighted by Crippen LogP contribution is 2.24. The van der Waals surface area contributed by atoms with Crippen molar-refractivity contribution in [1.82, 2.24) is 10.3 Å². The Kier molecular flexibility index (Phi) is 3.89. The van der Waals surface area contributed by atoms with Crippen LogP contribution in [0.3, 0.4) is 0 Å². The van der Waals surface area contributed by atoms with Crippen LogP contribution in [0.2, 0.25) is 5.02 Å². The number of rotatable bonds is 4. The van der Waals surface area contributed by atoms with Gasteiger partial charge in [-0.05, 0) is 24.6 Å². The molecule has 2 N–H and O–H groups in total. The van der Waals surface area contributed by atoms with E-state index in [4.69, 9.17) is 16.3 Å². The first kappa shape index (κ1) is 12.9. The molecule has 0 aliphatic rings. The number of H-pyrrole nitrogens is 1. The Morgan fingerprint density at radius 2 is 2.28 bits per heavy atom. The van der Waals surface area contributed by atoms with Crippen LogP contribution in [0.4, 0.5) is 0 Å². The average Bonchev–Trinajstić information content (AvgIpc) is 2.66. The molecule has 0 aliphatic heterocycles. The van der Waals surface area contributed by atoms with Crippen molar-refractivity contribution in [2.75, 3.05) is 20.3 Å². The van der Waals surface area contributed by atoms with Crippen LogP contribution in [0.15, 0.2) is 18.2 Å². The average molecular weight is 267 g/mol. The molecule has 0 bridgehead atoms. The molecular weight excluding hydrogens is 252 g/mol. The molecule has 96 valence electrons. The van der Waals surface area contributed by atoms with Crippen molar-refractivity contribution >= 4 is 28.4 Å². The number of aryl methyl sites for hydroxylation is 1. The van der Waals surface area contributed by atoms with Crippen molar-refractivity contribution in [2.45, 2.75) is 6.92 Å². The molecule has 0 radical (unpaired) electrons. The molecule has 1 aromatic carbocycles. The number of benzene rings is 1. The second-order valence-corrected chi connectivity index (χ2v) is 4.50. The van der Waals surface area contributed by atoms with Gasteiger partial charge in [0.15, 0.2) is 0 Å². The molecule has 1 heterocycles. The summed E-state index contributed by atoms with van der Waals surface area (Å²) in [4.78, 5) is 15.1. The van der Waals surface area contributed by atoms with Gasteiger partial charge in [-0.2, -0.15) is 0 Å². The molecule has 0 atom stereocenters. The molecule has 0 spiro atoms. The van der Waals surface area contributed by atoms with Crippen LogP contribution in [0, 0.1) is 6.92 Å². The zero-order valence-corrected chi connectivity index (χ0v) is 11.1. The number of nitrogens with one attached hydrogen (secondary N) is 2. The van der Waals surface area contributed by atoms with Crippen molar-refractivity contribution < 1.29 is 9.53 Å². The van der Waals surface area contributed by atoms with Crippen LogP contribution in [0.1, 0.15) is 16.1 Å². The third-order valence-electron chi connectivity index (χ3n) is 2.84. The van der Waals surface area contributed by atoms with E-state index < -0.39 is 0 Å². The lowest BCUT2D eigenvalue weighted by molar-refractivity contribution is 0.0932. The van der Waals surface area contributed by atoms with Crippen LogP contribution in [0.25, 0.3) is 10.9 Å². The summed E-state index contributed by atoms with van der Waals surface area (Å²) >= 11 is 5.93. The second-order valence-electron chi connectivity index (χ2n) is 4.06. The van der Waals surface area contributed by atoms with Crippen LogP contribution in [-0.4, -0.2) is 31.2 Å². The van der Waals surface area contributed by atoms with Crippen LogP contribution in [-0.2, 0) is 4.74 Å². The Morgan fingerprint density at radius 3 is 3.00 bits per heavy atom. The standard InChI is InChI=1S/C13H15ClN2O2/c1-8-10-4-3-9(14)7-11(10)16-12(8)13(17)15-5-6-18-2/h3-4,7,16H,5-6H2,1-2H3,(H,15,17). The minimum atomic E-state index is -0.128. The molecule has 18 heavy (non-hydrogen) atoms. The summed E-state index contributed by atoms with van der Waals surface area (Å²) in [6, 6.07) is 5.54. The number of carbonyl (C=O) groups excluding carboxylic acids is 1. The number of carbonyl (C=O) groups is 1. The quantitative estimate of drug-likeness (QED) is 0.836. The topological polar surface area (TPSA) is 54.1 Å². The van der Waals surface area contributed by atoms with E-state index in [1.165, 1.54) is 0 Å². The van der Waals surface area contributed by atoms with Gasteiger partial charge in [-0.25, -0.2) is 0 Å². The van der Waals surface area contributed by atoms with Crippen LogP contribution >= 0.6 is 11.6 Å². The van der Waals surface area contributed by atoms with Crippen molar-refractivity contribution in [2.24, 2.45) is 0 Å². The smallest absolute Gasteiger partial charge is 0.268 e. The summed E-state index contributed by atoms with van der Waals surface area (Å²) in [6.07, 6.45) is 0. The number of aromatic amines is 1. The van der Waals surface area contributed by atoms with Crippen molar-refractivity contribution in [3.8, 4) is 0 Å². The summed E-state index contributed by atoms with van der Waals surface area (Å²) < 4.78 is 4.89. The van der Waals surface area contributed by atoms with E-state index in [-0.39, 0.29) is 5.91 Å². The number of halogens is 1. The maximum absolute atomic E-state index is 12.0. The van der Waals surface area contributed by atoms with E-state index in [1.807, 2.05) is 25.1 Å². The minimum absolute atomic E-state index is 0.128. The summed E-state index contributed by atoms with van der Waals surface area (Å²) in [5, 5.41) is 4.45. The Balaban J connectivity index is 2.28. The van der Waals surface area contributed by atoms with E-state index in [9.17, 15) is 4.79 Å². The lowest BCUT2D eigenvalue weighted by atomic mass is 10.1. The Labute approximate surface area is 110 Å². The van der Waals surface area contributed by atoms with Gasteiger partial charge in [0.05, 0.1) is 6.61 Å². The lowest BCUT2D eigenvalue weighted by Crippen LogP contribution is -2.27. The normalized spacial score (nSPS) is 10.8. The highest BCUT2D eigenvalue weighted by atomic mass is 35.5. The molecule has 0 saturated carbocycles. The zero-order chi connectivity index (χ0) is 13.1. The zero-order valence-electron chi connectivity index (χ0n) is 10.3. The Bertz CT molecular complexity index is 578. The first-order chi connectivity index (χ1) is 8.63. The third-order valence-corrected chi connectivity index (χ3v) is 3.07. The number of amides is 1. The van der Waals surface area contributed by atoms with Gasteiger partial charge in [0.25, 0.3) is 5.91 Å². The highest BCUT2D eigenvalue weighted by Gasteiger charge is 2.14. The van der Waals surface area contributed by atoms with Gasteiger partial charge < -0.3 is 15.0 Å². The molecule has 5 heteroatoms. The van der Waals surface area contributed by atoms with E-state index >= 15 is 0 Å². The molecule has 0 aliphatic carbocycles. The fraction of sp³-hybridized carbons (Fsp3) is 0.308. The van der Waals surface area contributed by atoms with Gasteiger partial charge in [0.2, 0.25) is 0 Å². The molecule has 1 amide bonds. The monoisotopic (exact) mass is 266 g/mol. The van der Waals surface area contributed by atoms with Gasteiger partial charge in [-0.3, -0.25) is 4.79 Å². The number of methoxy groups -OCH3 is 1. The molecule has 1 aromatic heterocycles. The van der Waals surface area contributed by atoms with Gasteiger partial charge in [-0.15, -0.1) is 0 Å². The maximum atomic E-state index is 12.0. The van der Waals surface area contributed by atoms with E-state index in [2.05, 4.69) is 10.3 Å². The summed E-state index contributed by atoms with van der Waals surface area (Å²) in [6.45, 7) is 2.90. The summed E-state index contributed by atoms with van der Waals surface area (Å²) in [5.41, 5.74) is 2.37. The predicted octanol–water partition coefficient (Wildman–Crippen LogP) is 2.51. The first-order valence-corrected chi connectivity index (χ1v) is 6.06. The lowest BCUT2D eigenvalue weighted by Gasteiger charge is -2.03. The van der Waals surface area contributed by atoms with E-state index in [0.717, 1.165) is 16.5 Å². The van der Waals surface area contributed by atoms with Crippen molar-refractivity contribution in [3.63, 3.8) is 0 Å². The number of hydrogen-bond donors (Lipinski definition) is 2. The SMILES string of the molecule is COCCNC(=O)c1[nH]c2cc(Cl)ccc2c1C. The minimum Gasteiger partial charge on any atom is -0.383 e. The van der Waals surface area contributed by atoms with Crippen LogP contribution in [0.5, 0.6) is 0 Å². The molecular formula is C13H15ClN2O2. The van der Waals surface area contributed by atoms with Crippen LogP contribution < -0.4 is 5.32 Å². The predicted molar refractivity (Wildman–Crippen MR) is 72.3 cm³/mol. The largest absolute Gasteiger partial charge is 0.383 e. The molecule has 2 aromatic rings. The Hall–Kier alpha value is -1.52. The first-order valence-electron chi connectivity index (χ1n) is 5.68. The fourth-order valence-electron chi connectivity index (χ4n) is 1.89. The van der Waals surface area contributed by atoms with Gasteiger partial charge >= 0.3 is 0 Å². The molecule has 2 rings (SSSR count). The molecule has 0 saturated heterocycles. The highest BCUT2D eigenvalue weighted by molar-refractivity contribution is 6.31. The maximum Gasteiger partial charge on any atom is 0.268 e. The fourth-order valence-corrected chi connectivity index (χ4v) is 2.06. The second kappa shape index (κ2) is 5.42. The molecule has 4 nitrogen and oxygen atoms in total. The summed E-state index contributed by atoms with van der Waals surface area (Å²) in [5.74, 6) is -0.128. The number of fused-ring (bicyclic) bond motifs is 1. The van der Waals surface area contributed by atoms with Gasteiger partial charge in [0, 0.05) is 29.6 Å². The number of ether oxygens (including phenoxy) is 1. The van der Waals surface area contributed by atoms with Crippen molar-refractivity contribution in [3.05, 3.63) is 34.5 Å². The van der Waals surface area contributed by atoms with Gasteiger partial charge in [-0.1, -0.05) is 17.7 Å². The Morgan fingerprint density at radius 1 is 1.50 bits per heavy atom. The third kappa shape index (κ3) is 2.49. The molecule has 0 unspecified atom stereocenters. The van der Waals surface area contributed by atoms with E-state index in [0.29, 0.717) is 23.9 Å². The van der Waals surface area contributed by atoms with Gasteiger partial charge in [0.1, 0.15) is 5.69 Å². The number of hydrogen-bond acceptors (Lipinski definition) is 2. The molecule has 0 fully saturated rings. The summed E-state index contributed by atoms with van der Waals surface area (Å²) in [7, 11) is 1.60.